The van der Waals surface area contributed by atoms with Gasteiger partial charge in [0.2, 0.25) is 0 Å². The first-order valence-electron chi connectivity index (χ1n) is 23.1. The summed E-state index contributed by atoms with van der Waals surface area (Å²) >= 11 is 0. The van der Waals surface area contributed by atoms with E-state index in [2.05, 4.69) is 104 Å². The van der Waals surface area contributed by atoms with Crippen molar-refractivity contribution in [2.24, 2.45) is 0 Å². The maximum absolute atomic E-state index is 11.9. The van der Waals surface area contributed by atoms with Crippen LogP contribution in [0.15, 0.2) is 158 Å². The van der Waals surface area contributed by atoms with Crippen LogP contribution in [-0.2, 0) is 26.5 Å². The average Bonchev–Trinajstić information content (AvgIpc) is 3.69. The van der Waals surface area contributed by atoms with E-state index >= 15 is 0 Å². The van der Waals surface area contributed by atoms with E-state index in [0.717, 1.165) is 83.5 Å². The largest absolute Gasteiger partial charge is 0.507 e. The van der Waals surface area contributed by atoms with E-state index < -0.39 is 12.7 Å². The molecule has 0 bridgehead atoms. The van der Waals surface area contributed by atoms with Gasteiger partial charge in [-0.1, -0.05) is 166 Å². The minimum Gasteiger partial charge on any atom is -0.507 e. The molecule has 2 heterocycles. The Bertz CT molecular complexity index is 3270. The van der Waals surface area contributed by atoms with Crippen molar-refractivity contribution < 1.29 is 31.7 Å². The molecule has 63 heavy (non-hydrogen) atoms. The van der Waals surface area contributed by atoms with Crippen LogP contribution in [0.5, 0.6) is 5.75 Å². The zero-order valence-electron chi connectivity index (χ0n) is 40.6. The Kier molecular flexibility index (Phi) is 10.6. The molecule has 9 rings (SSSR count). The number of nitrogens with zero attached hydrogens (tertiary/aromatic N) is 3. The molecular weight excluding hydrogens is 950 g/mol. The van der Waals surface area contributed by atoms with Crippen LogP contribution in [0.4, 0.5) is 0 Å². The molecule has 4 nitrogen and oxygen atoms in total. The van der Waals surface area contributed by atoms with Crippen LogP contribution in [0.1, 0.15) is 73.8 Å². The third kappa shape index (κ3) is 8.58. The van der Waals surface area contributed by atoms with Crippen LogP contribution in [0, 0.1) is 26.8 Å². The summed E-state index contributed by atoms with van der Waals surface area (Å²) < 4.78 is 34.8. The van der Waals surface area contributed by atoms with Gasteiger partial charge in [0, 0.05) is 44.0 Å². The molecule has 1 N–H and O–H groups in total. The fourth-order valence-corrected chi connectivity index (χ4v) is 8.36. The molecule has 0 saturated carbocycles. The Balaban J connectivity index is 0.00000608. The van der Waals surface area contributed by atoms with E-state index in [0.29, 0.717) is 22.6 Å². The number of aryl methyl sites for hydroxylation is 3. The number of aromatic hydroxyl groups is 1. The third-order valence-corrected chi connectivity index (χ3v) is 11.8. The molecule has 316 valence electrons. The minimum absolute atomic E-state index is 0. The second-order valence-corrected chi connectivity index (χ2v) is 17.6. The number of fused-ring (bicyclic) bond motifs is 1. The number of pyridine rings is 1. The van der Waals surface area contributed by atoms with Gasteiger partial charge in [0.25, 0.3) is 0 Å². The zero-order chi connectivity index (χ0) is 46.7. The fraction of sp³-hybridized carbons (Fsp3) is 0.172. The van der Waals surface area contributed by atoms with Gasteiger partial charge in [-0.05, 0) is 107 Å². The van der Waals surface area contributed by atoms with Crippen molar-refractivity contribution in [3.63, 3.8) is 0 Å². The SMILES string of the molecule is [2H]C([2H])([2H])c1ccc(-c2ccnc(-c3[c-]c(-c4cccc5c4nc(-c4cc(C)cc(C)c4O)n5-c4ccc(C([2H])(C)C)cc4-c4ccc(C(C)(C)C)cc4)cc(-c4ccccc4)c3)c2)cc1.[Pt]. The van der Waals surface area contributed by atoms with Gasteiger partial charge in [0.15, 0.2) is 0 Å². The summed E-state index contributed by atoms with van der Waals surface area (Å²) in [5, 5.41) is 11.9. The first kappa shape index (κ1) is 38.3. The van der Waals surface area contributed by atoms with Crippen LogP contribution in [0.2, 0.25) is 0 Å². The van der Waals surface area contributed by atoms with Gasteiger partial charge in [-0.25, -0.2) is 4.98 Å². The van der Waals surface area contributed by atoms with Crippen molar-refractivity contribution in [3.05, 3.63) is 192 Å². The molecule has 0 saturated heterocycles. The summed E-state index contributed by atoms with van der Waals surface area (Å²) in [5.41, 5.74) is 16.1. The quantitative estimate of drug-likeness (QED) is 0.154. The maximum atomic E-state index is 11.9. The molecule has 2 aromatic heterocycles. The molecule has 0 radical (unpaired) electrons. The molecular formula is C58H52N3OPt-. The monoisotopic (exact) mass is 1010 g/mol. The summed E-state index contributed by atoms with van der Waals surface area (Å²) in [7, 11) is 0. The van der Waals surface area contributed by atoms with Crippen LogP contribution in [-0.4, -0.2) is 19.6 Å². The number of phenolic OH excluding ortho intramolecular Hbond substituents is 1. The molecule has 7 aromatic carbocycles. The van der Waals surface area contributed by atoms with Crippen molar-refractivity contribution in [1.29, 1.82) is 0 Å². The predicted molar refractivity (Wildman–Crippen MR) is 259 cm³/mol. The Morgan fingerprint density at radius 1 is 0.651 bits per heavy atom. The number of benzene rings is 7. The van der Waals surface area contributed by atoms with Gasteiger partial charge in [-0.3, -0.25) is 9.55 Å². The standard InChI is InChI=1S/C58H52N3O.Pt/c1-36(2)43-23-26-53(50(34-43)42-21-24-48(25-22-42)58(6,7)8)61-54-16-12-15-49(55(54)60-57(61)51-30-38(4)29-39(5)56(51)62)46-31-45(40-13-10-9-11-14-40)32-47(33-46)52-35-44(27-28-59-52)41-19-17-37(3)18-20-41;/h9-32,34-36,62H,1-8H3;/q-1;/i3D3,36D;. The first-order valence-corrected chi connectivity index (χ1v) is 21.1. The summed E-state index contributed by atoms with van der Waals surface area (Å²) in [4.78, 5) is 10.4. The molecule has 9 aromatic rings. The summed E-state index contributed by atoms with van der Waals surface area (Å²) in [6, 6.07) is 54.3. The van der Waals surface area contributed by atoms with Gasteiger partial charge in [-0.15, -0.1) is 23.8 Å². The Labute approximate surface area is 392 Å². The summed E-state index contributed by atoms with van der Waals surface area (Å²) in [6.45, 7) is 12.2. The molecule has 0 aliphatic rings. The Morgan fingerprint density at radius 2 is 1.37 bits per heavy atom. The number of phenols is 1. The average molecular weight is 1010 g/mol. The molecule has 5 heteroatoms. The number of imidazole rings is 1. The zero-order valence-corrected chi connectivity index (χ0v) is 38.9. The molecule has 0 unspecified atom stereocenters. The van der Waals surface area contributed by atoms with E-state index in [1.807, 2.05) is 94.4 Å². The number of hydrogen-bond acceptors (Lipinski definition) is 3. The smallest absolute Gasteiger partial charge is 0.148 e. The predicted octanol–water partition coefficient (Wildman–Crippen LogP) is 15.3. The molecule has 0 aliphatic carbocycles. The Hall–Kier alpha value is -6.35. The van der Waals surface area contributed by atoms with Crippen LogP contribution in [0.25, 0.3) is 83.9 Å². The van der Waals surface area contributed by atoms with E-state index in [-0.39, 0.29) is 32.2 Å². The van der Waals surface area contributed by atoms with Gasteiger partial charge >= 0.3 is 0 Å². The van der Waals surface area contributed by atoms with Crippen molar-refractivity contribution in [1.82, 2.24) is 14.5 Å². The second-order valence-electron chi connectivity index (χ2n) is 17.6. The van der Waals surface area contributed by atoms with E-state index in [1.54, 1.807) is 18.3 Å². The molecule has 0 atom stereocenters. The Morgan fingerprint density at radius 3 is 2.08 bits per heavy atom. The number of rotatable bonds is 8. The van der Waals surface area contributed by atoms with Crippen molar-refractivity contribution in [2.75, 3.05) is 0 Å². The first-order chi connectivity index (χ1) is 31.3. The number of aromatic nitrogens is 3. The van der Waals surface area contributed by atoms with Crippen LogP contribution in [0.3, 0.4) is 0 Å². The van der Waals surface area contributed by atoms with Crippen molar-refractivity contribution >= 4 is 11.0 Å². The minimum atomic E-state index is -2.19. The van der Waals surface area contributed by atoms with E-state index in [4.69, 9.17) is 15.5 Å². The van der Waals surface area contributed by atoms with Gasteiger partial charge in [0.1, 0.15) is 11.6 Å². The second kappa shape index (κ2) is 17.4. The molecule has 0 amide bonds. The normalized spacial score (nSPS) is 12.9. The van der Waals surface area contributed by atoms with Crippen LogP contribution < -0.4 is 0 Å². The van der Waals surface area contributed by atoms with Gasteiger partial charge in [0.05, 0.1) is 22.3 Å². The van der Waals surface area contributed by atoms with Crippen LogP contribution >= 0.6 is 0 Å². The molecule has 0 fully saturated rings. The van der Waals surface area contributed by atoms with Crippen molar-refractivity contribution in [3.8, 4) is 78.6 Å². The topological polar surface area (TPSA) is 50.9 Å². The summed E-state index contributed by atoms with van der Waals surface area (Å²) in [5.74, 6) is -0.101. The van der Waals surface area contributed by atoms with Crippen molar-refractivity contribution in [2.45, 2.75) is 66.6 Å². The van der Waals surface area contributed by atoms with E-state index in [9.17, 15) is 5.11 Å². The fourth-order valence-electron chi connectivity index (χ4n) is 8.36. The molecule has 0 spiro atoms. The maximum Gasteiger partial charge on any atom is 0.148 e. The third-order valence-electron chi connectivity index (χ3n) is 11.8. The number of para-hydroxylation sites is 1. The number of hydrogen-bond donors (Lipinski definition) is 1. The van der Waals surface area contributed by atoms with Gasteiger partial charge < -0.3 is 5.11 Å². The van der Waals surface area contributed by atoms with Gasteiger partial charge in [-0.2, -0.15) is 0 Å². The summed E-state index contributed by atoms with van der Waals surface area (Å²) in [6.07, 6.45) is 1.78. The van der Waals surface area contributed by atoms with E-state index in [1.165, 1.54) is 5.56 Å². The molecule has 0 aliphatic heterocycles.